The van der Waals surface area contributed by atoms with Crippen LogP contribution in [0.25, 0.3) is 5.70 Å². The van der Waals surface area contributed by atoms with Gasteiger partial charge in [0.15, 0.2) is 0 Å². The van der Waals surface area contributed by atoms with Crippen LogP contribution in [0.3, 0.4) is 0 Å². The van der Waals surface area contributed by atoms with E-state index in [0.717, 1.165) is 6.42 Å². The zero-order valence-electron chi connectivity index (χ0n) is 20.4. The molecule has 2 aliphatic carbocycles. The summed E-state index contributed by atoms with van der Waals surface area (Å²) in [4.78, 5) is 0. The van der Waals surface area contributed by atoms with E-state index in [4.69, 9.17) is 0 Å². The summed E-state index contributed by atoms with van der Waals surface area (Å²) < 4.78 is 0. The predicted molar refractivity (Wildman–Crippen MR) is 146 cm³/mol. The van der Waals surface area contributed by atoms with Gasteiger partial charge in [-0.15, -0.1) is 0 Å². The van der Waals surface area contributed by atoms with Crippen molar-refractivity contribution in [3.8, 4) is 0 Å². The van der Waals surface area contributed by atoms with Crippen LogP contribution in [0.2, 0.25) is 0 Å². The molecule has 2 aromatic rings. The average Bonchev–Trinajstić information content (AvgIpc) is 3.47. The molecular formula is C33H32N2. The largest absolute Gasteiger partial charge is 0.377 e. The topological polar surface area (TPSA) is 24.1 Å². The number of rotatable bonds is 4. The van der Waals surface area contributed by atoms with Gasteiger partial charge in [0.1, 0.15) is 0 Å². The fraction of sp³-hybridized carbons (Fsp3) is 0.212. The number of allylic oxidation sites excluding steroid dienone is 8. The van der Waals surface area contributed by atoms with E-state index in [-0.39, 0.29) is 12.1 Å². The molecule has 0 saturated heterocycles. The van der Waals surface area contributed by atoms with Crippen molar-refractivity contribution in [2.45, 2.75) is 32.4 Å². The molecule has 2 N–H and O–H groups in total. The van der Waals surface area contributed by atoms with Gasteiger partial charge in [0.05, 0.1) is 12.1 Å². The van der Waals surface area contributed by atoms with Gasteiger partial charge in [-0.25, -0.2) is 0 Å². The zero-order chi connectivity index (χ0) is 23.8. The quantitative estimate of drug-likeness (QED) is 0.517. The lowest BCUT2D eigenvalue weighted by Gasteiger charge is -2.21. The molecule has 35 heavy (non-hydrogen) atoms. The number of aryl methyl sites for hydroxylation is 2. The van der Waals surface area contributed by atoms with E-state index in [2.05, 4.69) is 134 Å². The van der Waals surface area contributed by atoms with Crippen LogP contribution in [0, 0.1) is 25.7 Å². The van der Waals surface area contributed by atoms with Gasteiger partial charge < -0.3 is 10.6 Å². The maximum atomic E-state index is 3.91. The smallest absolute Gasteiger partial charge is 0.0704 e. The van der Waals surface area contributed by atoms with E-state index in [9.17, 15) is 0 Å². The van der Waals surface area contributed by atoms with Crippen molar-refractivity contribution < 1.29 is 0 Å². The SMILES string of the molecule is Cc1cc(C)cc(C2=C3C=CC=CC3C(/C=C3\NC(c4ccccc4)C=C3C3C=CC=CC3)N2)c1. The Labute approximate surface area is 208 Å². The first-order valence-corrected chi connectivity index (χ1v) is 12.7. The van der Waals surface area contributed by atoms with Gasteiger partial charge in [0.2, 0.25) is 0 Å². The molecule has 0 spiro atoms. The standard InChI is InChI=1S/C33H32N2/c1-22-17-23(2)19-26(18-22)33-28-16-10-9-15-27(28)31(35-33)21-32-29(24-11-5-3-6-12-24)20-30(34-32)25-13-7-4-8-14-25/h3-11,13-21,24,27,30-31,34-35H,12H2,1-2H3/b32-21-. The maximum Gasteiger partial charge on any atom is 0.0704 e. The molecule has 0 bridgehead atoms. The highest BCUT2D eigenvalue weighted by Crippen LogP contribution is 2.40. The van der Waals surface area contributed by atoms with Crippen LogP contribution in [-0.2, 0) is 0 Å². The van der Waals surface area contributed by atoms with Crippen molar-refractivity contribution in [3.63, 3.8) is 0 Å². The Bertz CT molecular complexity index is 1330. The minimum atomic E-state index is 0.200. The molecule has 4 atom stereocenters. The van der Waals surface area contributed by atoms with Crippen LogP contribution in [-0.4, -0.2) is 6.04 Å². The van der Waals surface area contributed by atoms with Crippen LogP contribution in [0.15, 0.2) is 126 Å². The number of benzene rings is 2. The minimum absolute atomic E-state index is 0.200. The molecule has 0 saturated carbocycles. The van der Waals surface area contributed by atoms with E-state index in [1.807, 2.05) is 0 Å². The lowest BCUT2D eigenvalue weighted by atomic mass is 9.87. The van der Waals surface area contributed by atoms with Crippen molar-refractivity contribution in [2.24, 2.45) is 11.8 Å². The van der Waals surface area contributed by atoms with Crippen molar-refractivity contribution in [1.82, 2.24) is 10.6 Å². The summed E-state index contributed by atoms with van der Waals surface area (Å²) >= 11 is 0. The molecule has 6 rings (SSSR count). The summed E-state index contributed by atoms with van der Waals surface area (Å²) in [5.41, 5.74) is 10.5. The Morgan fingerprint density at radius 2 is 1.66 bits per heavy atom. The molecule has 2 aromatic carbocycles. The van der Waals surface area contributed by atoms with Crippen LogP contribution < -0.4 is 10.6 Å². The molecule has 0 amide bonds. The highest BCUT2D eigenvalue weighted by atomic mass is 15.0. The van der Waals surface area contributed by atoms with Gasteiger partial charge >= 0.3 is 0 Å². The lowest BCUT2D eigenvalue weighted by molar-refractivity contribution is 0.632. The normalized spacial score (nSPS) is 27.7. The Hall–Kier alpha value is -3.78. The van der Waals surface area contributed by atoms with Gasteiger partial charge in [-0.3, -0.25) is 0 Å². The molecule has 0 aromatic heterocycles. The summed E-state index contributed by atoms with van der Waals surface area (Å²) in [6.45, 7) is 4.36. The van der Waals surface area contributed by atoms with Gasteiger partial charge in [0.25, 0.3) is 0 Å². The maximum absolute atomic E-state index is 3.91. The second kappa shape index (κ2) is 9.11. The van der Waals surface area contributed by atoms with E-state index in [0.29, 0.717) is 11.8 Å². The molecule has 174 valence electrons. The molecule has 0 radical (unpaired) electrons. The van der Waals surface area contributed by atoms with Crippen LogP contribution >= 0.6 is 0 Å². The van der Waals surface area contributed by atoms with E-state index >= 15 is 0 Å². The molecule has 0 fully saturated rings. The monoisotopic (exact) mass is 456 g/mol. The summed E-state index contributed by atoms with van der Waals surface area (Å²) in [6.07, 6.45) is 23.8. The highest BCUT2D eigenvalue weighted by molar-refractivity contribution is 5.75. The molecule has 2 nitrogen and oxygen atoms in total. The fourth-order valence-electron chi connectivity index (χ4n) is 5.84. The van der Waals surface area contributed by atoms with Gasteiger partial charge in [-0.2, -0.15) is 0 Å². The second-order valence-electron chi connectivity index (χ2n) is 10.0. The average molecular weight is 457 g/mol. The first-order valence-electron chi connectivity index (χ1n) is 12.7. The van der Waals surface area contributed by atoms with Crippen LogP contribution in [0.1, 0.15) is 34.7 Å². The molecule has 4 unspecified atom stereocenters. The van der Waals surface area contributed by atoms with Gasteiger partial charge in [-0.1, -0.05) is 102 Å². The number of fused-ring (bicyclic) bond motifs is 1. The minimum Gasteiger partial charge on any atom is -0.377 e. The number of hydrogen-bond acceptors (Lipinski definition) is 2. The first kappa shape index (κ1) is 21.7. The van der Waals surface area contributed by atoms with Crippen molar-refractivity contribution in [3.05, 3.63) is 148 Å². The van der Waals surface area contributed by atoms with Crippen LogP contribution in [0.4, 0.5) is 0 Å². The van der Waals surface area contributed by atoms with Gasteiger partial charge in [0, 0.05) is 23.2 Å². The van der Waals surface area contributed by atoms with Crippen molar-refractivity contribution >= 4 is 5.70 Å². The van der Waals surface area contributed by atoms with E-state index in [1.54, 1.807) is 0 Å². The molecule has 2 heteroatoms. The van der Waals surface area contributed by atoms with Crippen molar-refractivity contribution in [2.75, 3.05) is 0 Å². The third-order valence-corrected chi connectivity index (χ3v) is 7.41. The number of hydrogen-bond donors (Lipinski definition) is 2. The Morgan fingerprint density at radius 1 is 0.857 bits per heavy atom. The third-order valence-electron chi connectivity index (χ3n) is 7.41. The predicted octanol–water partition coefficient (Wildman–Crippen LogP) is 7.02. The summed E-state index contributed by atoms with van der Waals surface area (Å²) in [5.74, 6) is 0.728. The Balaban J connectivity index is 1.36. The van der Waals surface area contributed by atoms with E-state index in [1.165, 1.54) is 44.8 Å². The Kier molecular flexibility index (Phi) is 5.66. The Morgan fingerprint density at radius 3 is 2.43 bits per heavy atom. The summed E-state index contributed by atoms with van der Waals surface area (Å²) in [5, 5.41) is 7.77. The fourth-order valence-corrected chi connectivity index (χ4v) is 5.84. The van der Waals surface area contributed by atoms with Gasteiger partial charge in [-0.05, 0) is 60.8 Å². The summed E-state index contributed by atoms with van der Waals surface area (Å²) in [7, 11) is 0. The van der Waals surface area contributed by atoms with E-state index < -0.39 is 0 Å². The first-order chi connectivity index (χ1) is 17.2. The molecule has 4 aliphatic rings. The molecule has 2 heterocycles. The molecule has 2 aliphatic heterocycles. The third kappa shape index (κ3) is 4.25. The van der Waals surface area contributed by atoms with Crippen molar-refractivity contribution in [1.29, 1.82) is 0 Å². The lowest BCUT2D eigenvalue weighted by Crippen LogP contribution is -2.28. The zero-order valence-corrected chi connectivity index (χ0v) is 20.4. The highest BCUT2D eigenvalue weighted by Gasteiger charge is 2.34. The number of nitrogens with one attached hydrogen (secondary N) is 2. The van der Waals surface area contributed by atoms with Crippen LogP contribution in [0.5, 0.6) is 0 Å². The summed E-state index contributed by atoms with van der Waals surface area (Å²) in [6, 6.07) is 18.0. The molecular weight excluding hydrogens is 424 g/mol. The second-order valence-corrected chi connectivity index (χ2v) is 10.0.